The third-order valence-corrected chi connectivity index (χ3v) is 2.98. The van der Waals surface area contributed by atoms with Crippen molar-refractivity contribution in [1.29, 1.82) is 0 Å². The van der Waals surface area contributed by atoms with E-state index in [1.165, 1.54) is 0 Å². The Bertz CT molecular complexity index is 510. The van der Waals surface area contributed by atoms with Crippen LogP contribution >= 0.6 is 0 Å². The topological polar surface area (TPSA) is 76.1 Å². The summed E-state index contributed by atoms with van der Waals surface area (Å²) in [5.41, 5.74) is 0.524. The summed E-state index contributed by atoms with van der Waals surface area (Å²) in [5.74, 6) is -0.385. The van der Waals surface area contributed by atoms with Gasteiger partial charge in [-0.05, 0) is 31.5 Å². The van der Waals surface area contributed by atoms with E-state index in [4.69, 9.17) is 14.6 Å². The maximum Gasteiger partial charge on any atom is 0.341 e. The molecule has 1 amide bonds. The number of likely N-dealkylation sites (tertiary alicyclic amines) is 1. The molecule has 108 valence electrons. The third-order valence-electron chi connectivity index (χ3n) is 2.98. The van der Waals surface area contributed by atoms with Crippen molar-refractivity contribution in [2.24, 2.45) is 0 Å². The van der Waals surface area contributed by atoms with Gasteiger partial charge < -0.3 is 19.5 Å². The van der Waals surface area contributed by atoms with Gasteiger partial charge in [0, 0.05) is 18.7 Å². The lowest BCUT2D eigenvalue weighted by Crippen LogP contribution is -2.42. The van der Waals surface area contributed by atoms with Gasteiger partial charge in [-0.2, -0.15) is 0 Å². The normalized spacial score (nSPS) is 13.6. The summed E-state index contributed by atoms with van der Waals surface area (Å²) in [7, 11) is 0. The Morgan fingerprint density at radius 2 is 2.00 bits per heavy atom. The minimum Gasteiger partial charge on any atom is -0.490 e. The third kappa shape index (κ3) is 3.20. The maximum atomic E-state index is 12.1. The fourth-order valence-corrected chi connectivity index (χ4v) is 1.87. The monoisotopic (exact) mass is 279 g/mol. The van der Waals surface area contributed by atoms with Crippen molar-refractivity contribution >= 4 is 11.9 Å². The average Bonchev–Trinajstić information content (AvgIpc) is 2.35. The smallest absolute Gasteiger partial charge is 0.341 e. The summed E-state index contributed by atoms with van der Waals surface area (Å²) in [4.78, 5) is 24.4. The lowest BCUT2D eigenvalue weighted by atomic mass is 10.1. The van der Waals surface area contributed by atoms with Gasteiger partial charge in [-0.15, -0.1) is 0 Å². The molecule has 0 aliphatic carbocycles. The predicted octanol–water partition coefficient (Wildman–Crippen LogP) is 1.39. The molecule has 0 spiro atoms. The Labute approximate surface area is 116 Å². The minimum atomic E-state index is -1.06. The Morgan fingerprint density at radius 1 is 1.25 bits per heavy atom. The number of carboxylic acid groups (broad SMARTS) is 1. The van der Waals surface area contributed by atoms with Crippen LogP contribution in [0.4, 0.5) is 0 Å². The Kier molecular flexibility index (Phi) is 4.45. The van der Waals surface area contributed by atoms with Gasteiger partial charge in [0.15, 0.2) is 18.1 Å². The zero-order valence-corrected chi connectivity index (χ0v) is 11.3. The lowest BCUT2D eigenvalue weighted by molar-refractivity contribution is -0.139. The second-order valence-corrected chi connectivity index (χ2v) is 4.42. The van der Waals surface area contributed by atoms with Gasteiger partial charge in [0.2, 0.25) is 0 Å². The molecule has 0 bridgehead atoms. The number of benzene rings is 1. The number of carbonyl (C=O) groups is 2. The van der Waals surface area contributed by atoms with E-state index in [-0.39, 0.29) is 5.91 Å². The first-order valence-corrected chi connectivity index (χ1v) is 6.52. The van der Waals surface area contributed by atoms with E-state index in [0.29, 0.717) is 23.7 Å². The first kappa shape index (κ1) is 14.2. The quantitative estimate of drug-likeness (QED) is 0.851. The summed E-state index contributed by atoms with van der Waals surface area (Å²) in [6.07, 6.45) is 1.03. The van der Waals surface area contributed by atoms with Crippen LogP contribution < -0.4 is 9.47 Å². The standard InChI is InChI=1S/C14H17NO5/c1-2-19-12-8-10(14(18)15-6-3-7-15)4-5-11(12)20-9-13(16)17/h4-5,8H,2-3,6-7,9H2,1H3,(H,16,17). The van der Waals surface area contributed by atoms with E-state index in [1.54, 1.807) is 23.1 Å². The highest BCUT2D eigenvalue weighted by molar-refractivity contribution is 5.95. The van der Waals surface area contributed by atoms with Crippen molar-refractivity contribution < 1.29 is 24.2 Å². The van der Waals surface area contributed by atoms with Crippen LogP contribution in [-0.4, -0.2) is 48.2 Å². The number of nitrogens with zero attached hydrogens (tertiary/aromatic N) is 1. The molecule has 0 radical (unpaired) electrons. The molecule has 0 atom stereocenters. The molecule has 20 heavy (non-hydrogen) atoms. The second kappa shape index (κ2) is 6.27. The maximum absolute atomic E-state index is 12.1. The molecule has 1 N–H and O–H groups in total. The van der Waals surface area contributed by atoms with Crippen LogP contribution in [-0.2, 0) is 4.79 Å². The fourth-order valence-electron chi connectivity index (χ4n) is 1.87. The zero-order chi connectivity index (χ0) is 14.5. The van der Waals surface area contributed by atoms with Gasteiger partial charge in [0.25, 0.3) is 5.91 Å². The number of aliphatic carboxylic acids is 1. The van der Waals surface area contributed by atoms with Gasteiger partial charge in [0.1, 0.15) is 0 Å². The van der Waals surface area contributed by atoms with Gasteiger partial charge in [-0.25, -0.2) is 4.79 Å². The Morgan fingerprint density at radius 3 is 2.55 bits per heavy atom. The summed E-state index contributed by atoms with van der Waals surface area (Å²) in [6, 6.07) is 4.79. The van der Waals surface area contributed by atoms with Gasteiger partial charge in [0.05, 0.1) is 6.61 Å². The molecule has 0 unspecified atom stereocenters. The number of amides is 1. The predicted molar refractivity (Wildman–Crippen MR) is 71.3 cm³/mol. The van der Waals surface area contributed by atoms with E-state index < -0.39 is 12.6 Å². The minimum absolute atomic E-state index is 0.0398. The summed E-state index contributed by atoms with van der Waals surface area (Å²) >= 11 is 0. The molecule has 1 saturated heterocycles. The van der Waals surface area contributed by atoms with Gasteiger partial charge in [-0.3, -0.25) is 4.79 Å². The number of carbonyl (C=O) groups excluding carboxylic acids is 1. The highest BCUT2D eigenvalue weighted by atomic mass is 16.5. The Hall–Kier alpha value is -2.24. The summed E-state index contributed by atoms with van der Waals surface area (Å²) in [5, 5.41) is 8.62. The molecule has 0 aromatic heterocycles. The molecular weight excluding hydrogens is 262 g/mol. The molecule has 1 fully saturated rings. The van der Waals surface area contributed by atoms with Crippen LogP contribution in [0.2, 0.25) is 0 Å². The number of ether oxygens (including phenoxy) is 2. The van der Waals surface area contributed by atoms with Crippen molar-refractivity contribution in [3.8, 4) is 11.5 Å². The molecule has 6 heteroatoms. The van der Waals surface area contributed by atoms with Crippen LogP contribution in [0.5, 0.6) is 11.5 Å². The number of rotatable bonds is 6. The molecule has 1 aliphatic heterocycles. The largest absolute Gasteiger partial charge is 0.490 e. The molecule has 2 rings (SSSR count). The molecule has 1 heterocycles. The first-order valence-electron chi connectivity index (χ1n) is 6.52. The zero-order valence-electron chi connectivity index (χ0n) is 11.3. The van der Waals surface area contributed by atoms with Crippen LogP contribution in [0.25, 0.3) is 0 Å². The van der Waals surface area contributed by atoms with Gasteiger partial charge >= 0.3 is 5.97 Å². The van der Waals surface area contributed by atoms with Crippen molar-refractivity contribution in [1.82, 2.24) is 4.90 Å². The first-order chi connectivity index (χ1) is 9.61. The van der Waals surface area contributed by atoms with E-state index in [2.05, 4.69) is 0 Å². The van der Waals surface area contributed by atoms with Crippen molar-refractivity contribution in [3.05, 3.63) is 23.8 Å². The van der Waals surface area contributed by atoms with Crippen LogP contribution in [0.15, 0.2) is 18.2 Å². The van der Waals surface area contributed by atoms with E-state index >= 15 is 0 Å². The van der Waals surface area contributed by atoms with Crippen LogP contribution in [0.1, 0.15) is 23.7 Å². The SMILES string of the molecule is CCOc1cc(C(=O)N2CCC2)ccc1OCC(=O)O. The fraction of sp³-hybridized carbons (Fsp3) is 0.429. The van der Waals surface area contributed by atoms with Crippen molar-refractivity contribution in [2.45, 2.75) is 13.3 Å². The van der Waals surface area contributed by atoms with Crippen molar-refractivity contribution in [3.63, 3.8) is 0 Å². The van der Waals surface area contributed by atoms with E-state index in [9.17, 15) is 9.59 Å². The van der Waals surface area contributed by atoms with Crippen LogP contribution in [0.3, 0.4) is 0 Å². The summed E-state index contributed by atoms with van der Waals surface area (Å²) < 4.78 is 10.5. The molecule has 0 saturated carbocycles. The molecule has 1 aromatic rings. The molecule has 1 aliphatic rings. The number of hydrogen-bond donors (Lipinski definition) is 1. The molecule has 1 aromatic carbocycles. The molecular formula is C14H17NO5. The highest BCUT2D eigenvalue weighted by Crippen LogP contribution is 2.29. The lowest BCUT2D eigenvalue weighted by Gasteiger charge is -2.31. The van der Waals surface area contributed by atoms with Gasteiger partial charge in [-0.1, -0.05) is 0 Å². The van der Waals surface area contributed by atoms with Crippen molar-refractivity contribution in [2.75, 3.05) is 26.3 Å². The van der Waals surface area contributed by atoms with E-state index in [1.807, 2.05) is 6.92 Å². The summed E-state index contributed by atoms with van der Waals surface area (Å²) in [6.45, 7) is 3.33. The van der Waals surface area contributed by atoms with Crippen LogP contribution in [0, 0.1) is 0 Å². The number of carboxylic acids is 1. The average molecular weight is 279 g/mol. The Balaban J connectivity index is 2.17. The molecule has 6 nitrogen and oxygen atoms in total. The highest BCUT2D eigenvalue weighted by Gasteiger charge is 2.22. The van der Waals surface area contributed by atoms with E-state index in [0.717, 1.165) is 19.5 Å². The number of hydrogen-bond acceptors (Lipinski definition) is 4. The second-order valence-electron chi connectivity index (χ2n) is 4.42.